The van der Waals surface area contributed by atoms with E-state index >= 15 is 0 Å². The highest BCUT2D eigenvalue weighted by atomic mass is 32.2. The Hall–Kier alpha value is 0.310. The largest absolute Gasteiger partial charge is 0.313 e. The van der Waals surface area contributed by atoms with Crippen LogP contribution in [0.3, 0.4) is 0 Å². The lowest BCUT2D eigenvalue weighted by molar-refractivity contribution is 0.356. The van der Waals surface area contributed by atoms with Gasteiger partial charge in [-0.3, -0.25) is 0 Å². The van der Waals surface area contributed by atoms with Crippen LogP contribution in [-0.4, -0.2) is 24.1 Å². The highest BCUT2D eigenvalue weighted by Gasteiger charge is 2.14. The second-order valence-corrected chi connectivity index (χ2v) is 6.68. The highest BCUT2D eigenvalue weighted by molar-refractivity contribution is 7.99. The van der Waals surface area contributed by atoms with Crippen LogP contribution in [0.15, 0.2) is 0 Å². The van der Waals surface area contributed by atoms with E-state index < -0.39 is 0 Å². The summed E-state index contributed by atoms with van der Waals surface area (Å²) in [4.78, 5) is 0. The van der Waals surface area contributed by atoms with E-state index in [1.165, 1.54) is 43.7 Å². The molecule has 1 saturated heterocycles. The molecule has 0 aliphatic carbocycles. The third-order valence-electron chi connectivity index (χ3n) is 2.72. The molecule has 1 rings (SSSR count). The molecule has 0 saturated carbocycles. The number of thioether (sulfide) groups is 1. The van der Waals surface area contributed by atoms with Crippen molar-refractivity contribution in [2.45, 2.75) is 52.5 Å². The monoisotopic (exact) mass is 215 g/mol. The van der Waals surface area contributed by atoms with Crippen molar-refractivity contribution in [1.82, 2.24) is 5.32 Å². The zero-order chi connectivity index (χ0) is 10.4. The highest BCUT2D eigenvalue weighted by Crippen LogP contribution is 2.21. The Kier molecular flexibility index (Phi) is 5.32. The van der Waals surface area contributed by atoms with Gasteiger partial charge in [0.25, 0.3) is 0 Å². The van der Waals surface area contributed by atoms with Crippen LogP contribution in [0, 0.1) is 5.41 Å². The van der Waals surface area contributed by atoms with Gasteiger partial charge in [0, 0.05) is 11.8 Å². The van der Waals surface area contributed by atoms with Crippen LogP contribution in [0.5, 0.6) is 0 Å². The van der Waals surface area contributed by atoms with Crippen LogP contribution in [0.4, 0.5) is 0 Å². The molecule has 0 aromatic rings. The second-order valence-electron chi connectivity index (χ2n) is 5.53. The lowest BCUT2D eigenvalue weighted by Crippen LogP contribution is -2.29. The molecule has 0 aromatic heterocycles. The lowest BCUT2D eigenvalue weighted by atomic mass is 9.90. The summed E-state index contributed by atoms with van der Waals surface area (Å²) < 4.78 is 0. The first-order chi connectivity index (χ1) is 6.58. The second kappa shape index (κ2) is 6.02. The minimum atomic E-state index is 0.517. The van der Waals surface area contributed by atoms with E-state index in [2.05, 4.69) is 37.8 Å². The van der Waals surface area contributed by atoms with E-state index in [0.29, 0.717) is 5.41 Å². The van der Waals surface area contributed by atoms with Crippen LogP contribution < -0.4 is 5.32 Å². The zero-order valence-corrected chi connectivity index (χ0v) is 10.8. The van der Waals surface area contributed by atoms with Crippen LogP contribution in [0.1, 0.15) is 46.5 Å². The van der Waals surface area contributed by atoms with Crippen molar-refractivity contribution >= 4 is 11.8 Å². The predicted molar refractivity (Wildman–Crippen MR) is 67.0 cm³/mol. The molecule has 0 bridgehead atoms. The molecule has 0 amide bonds. The van der Waals surface area contributed by atoms with Gasteiger partial charge in [-0.2, -0.15) is 11.8 Å². The average Bonchev–Trinajstić information content (AvgIpc) is 2.54. The van der Waals surface area contributed by atoms with E-state index in [9.17, 15) is 0 Å². The minimum absolute atomic E-state index is 0.517. The maximum Gasteiger partial charge on any atom is 0.0166 e. The van der Waals surface area contributed by atoms with Crippen molar-refractivity contribution in [3.63, 3.8) is 0 Å². The van der Waals surface area contributed by atoms with Gasteiger partial charge < -0.3 is 5.32 Å². The number of hydrogen-bond donors (Lipinski definition) is 1. The van der Waals surface area contributed by atoms with Crippen LogP contribution >= 0.6 is 11.8 Å². The molecular formula is C12H25NS. The molecule has 0 spiro atoms. The molecule has 1 aliphatic heterocycles. The van der Waals surface area contributed by atoms with E-state index in [-0.39, 0.29) is 0 Å². The molecule has 1 atom stereocenters. The molecule has 0 radical (unpaired) electrons. The predicted octanol–water partition coefficient (Wildman–Crippen LogP) is 3.30. The van der Waals surface area contributed by atoms with Crippen molar-refractivity contribution in [3.05, 3.63) is 0 Å². The molecule has 1 N–H and O–H groups in total. The van der Waals surface area contributed by atoms with Gasteiger partial charge in [0.15, 0.2) is 0 Å². The van der Waals surface area contributed by atoms with Gasteiger partial charge in [0.1, 0.15) is 0 Å². The van der Waals surface area contributed by atoms with Gasteiger partial charge in [-0.05, 0) is 37.0 Å². The lowest BCUT2D eigenvalue weighted by Gasteiger charge is -2.18. The van der Waals surface area contributed by atoms with Gasteiger partial charge in [-0.15, -0.1) is 0 Å². The summed E-state index contributed by atoms with van der Waals surface area (Å²) in [7, 11) is 0. The summed E-state index contributed by atoms with van der Waals surface area (Å²) >= 11 is 2.09. The van der Waals surface area contributed by atoms with Gasteiger partial charge >= 0.3 is 0 Å². The maximum absolute atomic E-state index is 3.65. The summed E-state index contributed by atoms with van der Waals surface area (Å²) in [6.45, 7) is 8.21. The molecule has 1 fully saturated rings. The van der Waals surface area contributed by atoms with E-state index in [4.69, 9.17) is 0 Å². The number of hydrogen-bond acceptors (Lipinski definition) is 2. The normalized spacial score (nSPS) is 22.9. The van der Waals surface area contributed by atoms with Gasteiger partial charge in [-0.25, -0.2) is 0 Å². The summed E-state index contributed by atoms with van der Waals surface area (Å²) in [5.41, 5.74) is 0.517. The Morgan fingerprint density at radius 1 is 1.29 bits per heavy atom. The summed E-state index contributed by atoms with van der Waals surface area (Å²) in [5, 5.41) is 3.65. The fourth-order valence-corrected chi connectivity index (χ4v) is 2.97. The Morgan fingerprint density at radius 2 is 2.07 bits per heavy atom. The minimum Gasteiger partial charge on any atom is -0.313 e. The van der Waals surface area contributed by atoms with Crippen LogP contribution in [0.2, 0.25) is 0 Å². The third kappa shape index (κ3) is 5.92. The Bertz CT molecular complexity index is 145. The molecule has 1 aliphatic rings. The Labute approximate surface area is 93.4 Å². The molecule has 1 unspecified atom stereocenters. The molecule has 0 aromatic carbocycles. The summed E-state index contributed by atoms with van der Waals surface area (Å²) in [6.07, 6.45) is 5.45. The van der Waals surface area contributed by atoms with E-state index in [1.807, 2.05) is 0 Å². The number of unbranched alkanes of at least 4 members (excludes halogenated alkanes) is 1. The Balaban J connectivity index is 1.89. The van der Waals surface area contributed by atoms with Crippen molar-refractivity contribution < 1.29 is 0 Å². The molecule has 1 nitrogen and oxygen atoms in total. The Morgan fingerprint density at radius 3 is 2.64 bits per heavy atom. The van der Waals surface area contributed by atoms with Crippen molar-refractivity contribution in [1.29, 1.82) is 0 Å². The standard InChI is InChI=1S/C12H25NS/c1-12(2,3)7-4-5-8-13-11-6-9-14-10-11/h11,13H,4-10H2,1-3H3. The molecule has 1 heterocycles. The van der Waals surface area contributed by atoms with Gasteiger partial charge in [0.05, 0.1) is 0 Å². The maximum atomic E-state index is 3.65. The zero-order valence-electron chi connectivity index (χ0n) is 9.94. The first-order valence-corrected chi connectivity index (χ1v) is 7.04. The summed E-state index contributed by atoms with van der Waals surface area (Å²) in [5.74, 6) is 2.69. The van der Waals surface area contributed by atoms with Crippen LogP contribution in [0.25, 0.3) is 0 Å². The smallest absolute Gasteiger partial charge is 0.0166 e. The molecule has 84 valence electrons. The van der Waals surface area contributed by atoms with Gasteiger partial charge in [-0.1, -0.05) is 27.2 Å². The third-order valence-corrected chi connectivity index (χ3v) is 3.88. The molecule has 14 heavy (non-hydrogen) atoms. The average molecular weight is 215 g/mol. The SMILES string of the molecule is CC(C)(C)CCCCNC1CCSC1. The quantitative estimate of drug-likeness (QED) is 0.706. The van der Waals surface area contributed by atoms with E-state index in [1.54, 1.807) is 0 Å². The van der Waals surface area contributed by atoms with Crippen molar-refractivity contribution in [2.75, 3.05) is 18.1 Å². The number of rotatable bonds is 5. The van der Waals surface area contributed by atoms with Crippen LogP contribution in [-0.2, 0) is 0 Å². The summed E-state index contributed by atoms with van der Waals surface area (Å²) in [6, 6.07) is 0.814. The molecular weight excluding hydrogens is 190 g/mol. The van der Waals surface area contributed by atoms with Gasteiger partial charge in [0.2, 0.25) is 0 Å². The van der Waals surface area contributed by atoms with Crippen molar-refractivity contribution in [2.24, 2.45) is 5.41 Å². The fourth-order valence-electron chi connectivity index (χ4n) is 1.78. The van der Waals surface area contributed by atoms with Crippen molar-refractivity contribution in [3.8, 4) is 0 Å². The van der Waals surface area contributed by atoms with E-state index in [0.717, 1.165) is 6.04 Å². The molecule has 2 heteroatoms. The topological polar surface area (TPSA) is 12.0 Å². The fraction of sp³-hybridized carbons (Fsp3) is 1.00. The first kappa shape index (κ1) is 12.4. The number of nitrogens with one attached hydrogen (secondary N) is 1. The first-order valence-electron chi connectivity index (χ1n) is 5.89.